The molecule has 1 amide bonds. The van der Waals surface area contributed by atoms with Gasteiger partial charge in [0, 0.05) is 23.6 Å². The first kappa shape index (κ1) is 22.0. The molecular formula is C25H28N4O2. The van der Waals surface area contributed by atoms with E-state index in [1.54, 1.807) is 43.8 Å². The number of methoxy groups -OCH3 is 1. The van der Waals surface area contributed by atoms with Crippen LogP contribution in [0, 0.1) is 0 Å². The van der Waals surface area contributed by atoms with Crippen LogP contribution in [0.3, 0.4) is 0 Å². The summed E-state index contributed by atoms with van der Waals surface area (Å²) in [5, 5.41) is 6.10. The van der Waals surface area contributed by atoms with Gasteiger partial charge in [0.2, 0.25) is 5.96 Å². The van der Waals surface area contributed by atoms with Crippen molar-refractivity contribution in [3.8, 4) is 5.75 Å². The van der Waals surface area contributed by atoms with E-state index in [4.69, 9.17) is 4.74 Å². The summed E-state index contributed by atoms with van der Waals surface area (Å²) in [6.07, 6.45) is 4.56. The molecule has 0 aliphatic rings. The van der Waals surface area contributed by atoms with Crippen molar-refractivity contribution in [3.05, 3.63) is 89.7 Å². The van der Waals surface area contributed by atoms with Crippen molar-refractivity contribution in [2.24, 2.45) is 4.99 Å². The van der Waals surface area contributed by atoms with Crippen LogP contribution < -0.4 is 15.4 Å². The standard InChI is InChI=1S/C25H28N4O2/c1-4-18(2)20-10-12-22(13-11-20)28-25(27-17-19-7-6-14-26-16-19)29-24(30)21-8-5-9-23(15-21)31-3/h5-16,18H,4,17H2,1-3H3,(H2,27,28,29,30). The summed E-state index contributed by atoms with van der Waals surface area (Å²) in [7, 11) is 1.57. The third-order valence-corrected chi connectivity index (χ3v) is 5.06. The van der Waals surface area contributed by atoms with E-state index < -0.39 is 0 Å². The Morgan fingerprint density at radius 2 is 1.94 bits per heavy atom. The fourth-order valence-electron chi connectivity index (χ4n) is 2.98. The summed E-state index contributed by atoms with van der Waals surface area (Å²) in [6, 6.07) is 19.0. The van der Waals surface area contributed by atoms with Crippen molar-refractivity contribution in [1.82, 2.24) is 10.3 Å². The Balaban J connectivity index is 1.79. The van der Waals surface area contributed by atoms with Crippen LogP contribution in [0.15, 0.2) is 78.0 Å². The number of nitrogens with zero attached hydrogens (tertiary/aromatic N) is 2. The second-order valence-corrected chi connectivity index (χ2v) is 7.27. The van der Waals surface area contributed by atoms with Gasteiger partial charge in [-0.25, -0.2) is 4.99 Å². The number of carbonyl (C=O) groups excluding carboxylic acids is 1. The van der Waals surface area contributed by atoms with Crippen LogP contribution in [-0.2, 0) is 6.54 Å². The highest BCUT2D eigenvalue weighted by Crippen LogP contribution is 2.20. The number of hydrogen-bond donors (Lipinski definition) is 2. The zero-order valence-corrected chi connectivity index (χ0v) is 18.1. The number of rotatable bonds is 7. The minimum Gasteiger partial charge on any atom is -0.497 e. The first-order valence-electron chi connectivity index (χ1n) is 10.3. The Morgan fingerprint density at radius 3 is 2.61 bits per heavy atom. The van der Waals surface area contributed by atoms with E-state index in [0.717, 1.165) is 17.7 Å². The molecule has 1 heterocycles. The third-order valence-electron chi connectivity index (χ3n) is 5.06. The molecule has 0 saturated heterocycles. The van der Waals surface area contributed by atoms with E-state index in [2.05, 4.69) is 46.6 Å². The maximum atomic E-state index is 12.8. The maximum Gasteiger partial charge on any atom is 0.258 e. The fourth-order valence-corrected chi connectivity index (χ4v) is 2.98. The smallest absolute Gasteiger partial charge is 0.258 e. The molecular weight excluding hydrogens is 388 g/mol. The number of aromatic nitrogens is 1. The van der Waals surface area contributed by atoms with Crippen molar-refractivity contribution in [2.75, 3.05) is 12.4 Å². The summed E-state index contributed by atoms with van der Waals surface area (Å²) in [4.78, 5) is 21.5. The maximum absolute atomic E-state index is 12.8. The van der Waals surface area contributed by atoms with Crippen LogP contribution in [0.4, 0.5) is 5.69 Å². The van der Waals surface area contributed by atoms with E-state index in [1.165, 1.54) is 5.56 Å². The lowest BCUT2D eigenvalue weighted by molar-refractivity contribution is 0.0976. The van der Waals surface area contributed by atoms with E-state index >= 15 is 0 Å². The highest BCUT2D eigenvalue weighted by atomic mass is 16.5. The molecule has 0 bridgehead atoms. The molecule has 2 aromatic carbocycles. The molecule has 6 nitrogen and oxygen atoms in total. The molecule has 0 aliphatic heterocycles. The van der Waals surface area contributed by atoms with Gasteiger partial charge in [-0.05, 0) is 59.9 Å². The average molecular weight is 417 g/mol. The number of ether oxygens (including phenoxy) is 1. The van der Waals surface area contributed by atoms with Gasteiger partial charge in [-0.2, -0.15) is 0 Å². The zero-order valence-electron chi connectivity index (χ0n) is 18.1. The molecule has 6 heteroatoms. The minimum absolute atomic E-state index is 0.271. The van der Waals surface area contributed by atoms with Gasteiger partial charge in [0.15, 0.2) is 0 Å². The molecule has 0 spiro atoms. The second kappa shape index (κ2) is 10.9. The Morgan fingerprint density at radius 1 is 1.13 bits per heavy atom. The first-order valence-corrected chi connectivity index (χ1v) is 10.3. The number of pyridine rings is 1. The van der Waals surface area contributed by atoms with E-state index in [9.17, 15) is 4.79 Å². The van der Waals surface area contributed by atoms with Crippen LogP contribution in [0.2, 0.25) is 0 Å². The van der Waals surface area contributed by atoms with Crippen molar-refractivity contribution in [3.63, 3.8) is 0 Å². The summed E-state index contributed by atoms with van der Waals surface area (Å²) >= 11 is 0. The topological polar surface area (TPSA) is 75.6 Å². The number of anilines is 1. The van der Waals surface area contributed by atoms with Crippen molar-refractivity contribution in [1.29, 1.82) is 0 Å². The highest BCUT2D eigenvalue weighted by Gasteiger charge is 2.11. The zero-order chi connectivity index (χ0) is 22.1. The fraction of sp³-hybridized carbons (Fsp3) is 0.240. The van der Waals surface area contributed by atoms with Gasteiger partial charge in [0.1, 0.15) is 5.75 Å². The lowest BCUT2D eigenvalue weighted by atomic mass is 9.99. The third kappa shape index (κ3) is 6.40. The highest BCUT2D eigenvalue weighted by molar-refractivity contribution is 6.10. The number of nitrogens with one attached hydrogen (secondary N) is 2. The van der Waals surface area contributed by atoms with Crippen LogP contribution in [0.25, 0.3) is 0 Å². The second-order valence-electron chi connectivity index (χ2n) is 7.27. The van der Waals surface area contributed by atoms with Gasteiger partial charge < -0.3 is 10.1 Å². The van der Waals surface area contributed by atoms with Crippen molar-refractivity contribution >= 4 is 17.6 Å². The number of guanidine groups is 1. The van der Waals surface area contributed by atoms with Gasteiger partial charge in [-0.3, -0.25) is 15.1 Å². The molecule has 0 saturated carbocycles. The molecule has 0 radical (unpaired) electrons. The molecule has 160 valence electrons. The molecule has 1 unspecified atom stereocenters. The van der Waals surface area contributed by atoms with Gasteiger partial charge in [0.05, 0.1) is 13.7 Å². The normalized spacial score (nSPS) is 12.2. The number of benzene rings is 2. The lowest BCUT2D eigenvalue weighted by Gasteiger charge is -2.14. The summed E-state index contributed by atoms with van der Waals surface area (Å²) in [6.45, 7) is 4.77. The predicted octanol–water partition coefficient (Wildman–Crippen LogP) is 5.00. The van der Waals surface area contributed by atoms with E-state index in [-0.39, 0.29) is 5.91 Å². The monoisotopic (exact) mass is 416 g/mol. The van der Waals surface area contributed by atoms with Gasteiger partial charge in [0.25, 0.3) is 5.91 Å². The molecule has 31 heavy (non-hydrogen) atoms. The van der Waals surface area contributed by atoms with Crippen LogP contribution in [0.1, 0.15) is 47.7 Å². The molecule has 3 aromatic rings. The Kier molecular flexibility index (Phi) is 7.76. The molecule has 3 rings (SSSR count). The number of aliphatic imine (C=N–C) groups is 1. The van der Waals surface area contributed by atoms with Gasteiger partial charge in [-0.1, -0.05) is 38.1 Å². The Hall–Kier alpha value is -3.67. The van der Waals surface area contributed by atoms with Crippen molar-refractivity contribution in [2.45, 2.75) is 32.7 Å². The Bertz CT molecular complexity index is 1020. The number of carbonyl (C=O) groups is 1. The van der Waals surface area contributed by atoms with Gasteiger partial charge >= 0.3 is 0 Å². The minimum atomic E-state index is -0.271. The largest absolute Gasteiger partial charge is 0.497 e. The van der Waals surface area contributed by atoms with Crippen LogP contribution in [-0.4, -0.2) is 24.0 Å². The molecule has 2 N–H and O–H groups in total. The molecule has 1 atom stereocenters. The van der Waals surface area contributed by atoms with E-state index in [1.807, 2.05) is 24.3 Å². The quantitative estimate of drug-likeness (QED) is 0.420. The predicted molar refractivity (Wildman–Crippen MR) is 125 cm³/mol. The lowest BCUT2D eigenvalue weighted by Crippen LogP contribution is -2.36. The van der Waals surface area contributed by atoms with Crippen LogP contribution >= 0.6 is 0 Å². The van der Waals surface area contributed by atoms with Crippen molar-refractivity contribution < 1.29 is 9.53 Å². The molecule has 0 fully saturated rings. The van der Waals surface area contributed by atoms with Crippen LogP contribution in [0.5, 0.6) is 5.75 Å². The number of hydrogen-bond acceptors (Lipinski definition) is 4. The molecule has 0 aliphatic carbocycles. The average Bonchev–Trinajstić information content (AvgIpc) is 2.83. The summed E-state index contributed by atoms with van der Waals surface area (Å²) in [5.74, 6) is 1.22. The molecule has 1 aromatic heterocycles. The summed E-state index contributed by atoms with van der Waals surface area (Å²) in [5.41, 5.74) is 3.57. The van der Waals surface area contributed by atoms with E-state index in [0.29, 0.717) is 29.7 Å². The SMILES string of the molecule is CCC(C)c1ccc(NC(=NCc2cccnc2)NC(=O)c2cccc(OC)c2)cc1. The Labute approximate surface area is 183 Å². The first-order chi connectivity index (χ1) is 15.1. The summed E-state index contributed by atoms with van der Waals surface area (Å²) < 4.78 is 5.22. The van der Waals surface area contributed by atoms with Gasteiger partial charge in [-0.15, -0.1) is 0 Å². The number of amides is 1.